The van der Waals surface area contributed by atoms with Crippen LogP contribution in [0.1, 0.15) is 49.1 Å². The van der Waals surface area contributed by atoms with Gasteiger partial charge in [0.2, 0.25) is 5.95 Å². The minimum Gasteiger partial charge on any atom is -0.379 e. The second-order valence-corrected chi connectivity index (χ2v) is 11.1. The first-order valence-electron chi connectivity index (χ1n) is 14.1. The van der Waals surface area contributed by atoms with Crippen LogP contribution in [0.25, 0.3) is 22.0 Å². The summed E-state index contributed by atoms with van der Waals surface area (Å²) in [5.41, 5.74) is 0.597. The molecule has 43 heavy (non-hydrogen) atoms. The summed E-state index contributed by atoms with van der Waals surface area (Å²) in [5.74, 6) is -2.18. The van der Waals surface area contributed by atoms with E-state index in [2.05, 4.69) is 25.5 Å². The molecule has 2 amide bonds. The van der Waals surface area contributed by atoms with Crippen molar-refractivity contribution in [3.05, 3.63) is 53.6 Å². The lowest BCUT2D eigenvalue weighted by molar-refractivity contribution is 0.0260. The molecule has 226 valence electrons. The Morgan fingerprint density at radius 1 is 1.09 bits per heavy atom. The molecule has 0 unspecified atom stereocenters. The fourth-order valence-electron chi connectivity index (χ4n) is 5.28. The number of nitrogens with zero attached hydrogens (tertiary/aromatic N) is 7. The highest BCUT2D eigenvalue weighted by Crippen LogP contribution is 2.34. The highest BCUT2D eigenvalue weighted by Gasteiger charge is 2.27. The zero-order chi connectivity index (χ0) is 29.9. The molecular formula is C28H30F2N8O4S. The van der Waals surface area contributed by atoms with Crippen LogP contribution in [0.5, 0.6) is 0 Å². The van der Waals surface area contributed by atoms with Gasteiger partial charge in [0, 0.05) is 43.0 Å². The van der Waals surface area contributed by atoms with Crippen molar-refractivity contribution < 1.29 is 27.8 Å². The lowest BCUT2D eigenvalue weighted by Gasteiger charge is -2.28. The van der Waals surface area contributed by atoms with Gasteiger partial charge in [-0.1, -0.05) is 0 Å². The molecule has 2 aliphatic rings. The lowest BCUT2D eigenvalue weighted by atomic mass is 9.93. The van der Waals surface area contributed by atoms with Crippen molar-refractivity contribution >= 4 is 29.0 Å². The quantitative estimate of drug-likeness (QED) is 0.300. The Bertz CT molecular complexity index is 1610. The molecule has 0 bridgehead atoms. The molecule has 1 N–H and O–H groups in total. The first-order chi connectivity index (χ1) is 20.9. The number of rotatable bonds is 7. The van der Waals surface area contributed by atoms with Gasteiger partial charge < -0.3 is 19.7 Å². The number of amides is 2. The number of thiazole rings is 1. The third-order valence-corrected chi connectivity index (χ3v) is 8.37. The summed E-state index contributed by atoms with van der Waals surface area (Å²) in [4.78, 5) is 35.9. The zero-order valence-electron chi connectivity index (χ0n) is 23.4. The molecule has 2 fully saturated rings. The first-order valence-corrected chi connectivity index (χ1v) is 15.0. The molecular weight excluding hydrogens is 582 g/mol. The van der Waals surface area contributed by atoms with Crippen molar-refractivity contribution in [2.45, 2.75) is 44.8 Å². The number of hydrogen-bond donors (Lipinski definition) is 1. The van der Waals surface area contributed by atoms with Gasteiger partial charge in [-0.05, 0) is 44.7 Å². The maximum absolute atomic E-state index is 14.8. The Kier molecular flexibility index (Phi) is 8.54. The minimum atomic E-state index is -0.864. The molecule has 1 saturated carbocycles. The Hall–Kier alpha value is -4.08. The average Bonchev–Trinajstić information content (AvgIpc) is 3.79. The second-order valence-electron chi connectivity index (χ2n) is 10.3. The Morgan fingerprint density at radius 2 is 1.88 bits per heavy atom. The summed E-state index contributed by atoms with van der Waals surface area (Å²) in [6.45, 7) is 4.53. The van der Waals surface area contributed by atoms with E-state index in [1.807, 2.05) is 6.92 Å². The maximum Gasteiger partial charge on any atom is 0.344 e. The summed E-state index contributed by atoms with van der Waals surface area (Å²) in [6.07, 6.45) is 8.15. The molecule has 0 spiro atoms. The van der Waals surface area contributed by atoms with Crippen molar-refractivity contribution in [1.29, 1.82) is 0 Å². The predicted molar refractivity (Wildman–Crippen MR) is 153 cm³/mol. The van der Waals surface area contributed by atoms with Gasteiger partial charge in [0.25, 0.3) is 5.91 Å². The van der Waals surface area contributed by atoms with E-state index in [1.54, 1.807) is 27.4 Å². The fraction of sp³-hybridized carbons (Fsp3) is 0.429. The summed E-state index contributed by atoms with van der Waals surface area (Å²) in [6, 6.07) is 1.64. The number of pyridine rings is 1. The van der Waals surface area contributed by atoms with Gasteiger partial charge in [0.15, 0.2) is 5.82 Å². The molecule has 1 aliphatic carbocycles. The molecule has 1 aliphatic heterocycles. The Morgan fingerprint density at radius 3 is 2.65 bits per heavy atom. The van der Waals surface area contributed by atoms with Crippen molar-refractivity contribution in [2.24, 2.45) is 0 Å². The number of carbonyl (C=O) groups is 2. The van der Waals surface area contributed by atoms with E-state index in [-0.39, 0.29) is 40.9 Å². The van der Waals surface area contributed by atoms with Crippen LogP contribution in [0.3, 0.4) is 0 Å². The molecule has 15 heteroatoms. The molecule has 5 heterocycles. The van der Waals surface area contributed by atoms with Gasteiger partial charge in [-0.3, -0.25) is 9.48 Å². The van der Waals surface area contributed by atoms with Crippen LogP contribution in [-0.2, 0) is 9.47 Å². The van der Waals surface area contributed by atoms with Crippen LogP contribution in [0, 0.1) is 11.8 Å². The molecule has 0 aromatic carbocycles. The standard InChI is InChI=1S/C28H30F2N8O4S/c1-2-42-19-5-3-18(4-6-19)37-15-21(25(35-37)24-20(29)7-8-23(30)34-24)32-26(39)22-16-43-27(33-22)17-13-31-38(14-17)28(40)36-9-11-41-12-10-36/h7-8,13-16,18-19H,2-6,9-12H2,1H3,(H,32,39). The topological polar surface area (TPSA) is 129 Å². The van der Waals surface area contributed by atoms with Crippen molar-refractivity contribution in [2.75, 3.05) is 38.2 Å². The lowest BCUT2D eigenvalue weighted by Crippen LogP contribution is -2.43. The minimum absolute atomic E-state index is 0.000290. The first kappa shape index (κ1) is 29.0. The smallest absolute Gasteiger partial charge is 0.344 e. The van der Waals surface area contributed by atoms with Crippen molar-refractivity contribution in [3.63, 3.8) is 0 Å². The van der Waals surface area contributed by atoms with Crippen LogP contribution in [0.2, 0.25) is 0 Å². The monoisotopic (exact) mass is 612 g/mol. The van der Waals surface area contributed by atoms with E-state index in [0.717, 1.165) is 37.8 Å². The van der Waals surface area contributed by atoms with E-state index in [1.165, 1.54) is 22.2 Å². The molecule has 0 atom stereocenters. The number of aromatic nitrogens is 6. The largest absolute Gasteiger partial charge is 0.379 e. The van der Waals surface area contributed by atoms with Crippen LogP contribution < -0.4 is 5.32 Å². The van der Waals surface area contributed by atoms with Crippen LogP contribution in [0.4, 0.5) is 19.3 Å². The normalized spacial score (nSPS) is 19.0. The van der Waals surface area contributed by atoms with Gasteiger partial charge in [-0.25, -0.2) is 19.2 Å². The molecule has 0 radical (unpaired) electrons. The van der Waals surface area contributed by atoms with E-state index >= 15 is 0 Å². The van der Waals surface area contributed by atoms with Gasteiger partial charge in [0.05, 0.1) is 37.2 Å². The third kappa shape index (κ3) is 6.33. The summed E-state index contributed by atoms with van der Waals surface area (Å²) < 4.78 is 42.8. The predicted octanol–water partition coefficient (Wildman–Crippen LogP) is 4.62. The second kappa shape index (κ2) is 12.7. The summed E-state index contributed by atoms with van der Waals surface area (Å²) in [5, 5.41) is 13.6. The Balaban J connectivity index is 1.22. The van der Waals surface area contributed by atoms with Gasteiger partial charge >= 0.3 is 6.03 Å². The molecule has 4 aromatic rings. The van der Waals surface area contributed by atoms with Gasteiger partial charge in [0.1, 0.15) is 22.1 Å². The highest BCUT2D eigenvalue weighted by molar-refractivity contribution is 7.13. The van der Waals surface area contributed by atoms with Crippen LogP contribution in [-0.4, -0.2) is 85.4 Å². The van der Waals surface area contributed by atoms with E-state index < -0.39 is 17.7 Å². The molecule has 4 aromatic heterocycles. The van der Waals surface area contributed by atoms with Crippen LogP contribution >= 0.6 is 11.3 Å². The van der Waals surface area contributed by atoms with Crippen molar-refractivity contribution in [3.8, 4) is 22.0 Å². The average molecular weight is 613 g/mol. The molecule has 6 rings (SSSR count). The Labute approximate surface area is 249 Å². The van der Waals surface area contributed by atoms with Crippen molar-refractivity contribution in [1.82, 2.24) is 34.4 Å². The highest BCUT2D eigenvalue weighted by atomic mass is 32.1. The van der Waals surface area contributed by atoms with Crippen LogP contribution in [0.15, 0.2) is 36.1 Å². The summed E-state index contributed by atoms with van der Waals surface area (Å²) in [7, 11) is 0. The van der Waals surface area contributed by atoms with E-state index in [0.29, 0.717) is 43.5 Å². The number of carbonyl (C=O) groups excluding carboxylic acids is 2. The number of halogens is 2. The number of anilines is 1. The number of hydrogen-bond acceptors (Lipinski definition) is 9. The fourth-order valence-corrected chi connectivity index (χ4v) is 6.05. The van der Waals surface area contributed by atoms with E-state index in [9.17, 15) is 18.4 Å². The number of nitrogens with one attached hydrogen (secondary N) is 1. The molecule has 12 nitrogen and oxygen atoms in total. The van der Waals surface area contributed by atoms with E-state index in [4.69, 9.17) is 9.47 Å². The number of morpholine rings is 1. The third-order valence-electron chi connectivity index (χ3n) is 7.48. The maximum atomic E-state index is 14.8. The summed E-state index contributed by atoms with van der Waals surface area (Å²) >= 11 is 1.21. The zero-order valence-corrected chi connectivity index (χ0v) is 24.2. The molecule has 1 saturated heterocycles. The van der Waals surface area contributed by atoms with Gasteiger partial charge in [-0.2, -0.15) is 19.3 Å². The number of ether oxygens (including phenoxy) is 2. The van der Waals surface area contributed by atoms with Gasteiger partial charge in [-0.15, -0.1) is 11.3 Å². The SMILES string of the molecule is CCOC1CCC(n2cc(NC(=O)c3csc(-c4cnn(C(=O)N5CCOCC5)c4)n3)c(-c3nc(F)ccc3F)n2)CC1.